The molecule has 0 aromatic heterocycles. The third-order valence-electron chi connectivity index (χ3n) is 10.9. The summed E-state index contributed by atoms with van der Waals surface area (Å²) < 4.78 is 22.1. The minimum atomic E-state index is 0.0450. The largest absolute Gasteiger partial charge is 0.381 e. The van der Waals surface area contributed by atoms with Crippen LogP contribution in [-0.4, -0.2) is 141 Å². The van der Waals surface area contributed by atoms with Crippen LogP contribution < -0.4 is 15.5 Å². The first-order valence-electron chi connectivity index (χ1n) is 23.8. The van der Waals surface area contributed by atoms with Gasteiger partial charge in [-0.05, 0) is 75.8 Å². The van der Waals surface area contributed by atoms with Crippen LogP contribution >= 0.6 is 73.3 Å². The van der Waals surface area contributed by atoms with Gasteiger partial charge in [-0.2, -0.15) is 0 Å². The summed E-state index contributed by atoms with van der Waals surface area (Å²) in [6, 6.07) is 0. The second kappa shape index (κ2) is 30.5. The molecule has 3 aromatic rings. The van der Waals surface area contributed by atoms with Crippen molar-refractivity contribution < 1.29 is 14.2 Å². The molecule has 0 fully saturated rings. The van der Waals surface area contributed by atoms with Crippen LogP contribution in [-0.2, 0) is 30.5 Å². The highest BCUT2D eigenvalue weighted by molar-refractivity contribution is 7.74. The molecule has 0 aliphatic carbocycles. The Morgan fingerprint density at radius 2 is 0.769 bits per heavy atom. The Kier molecular flexibility index (Phi) is 29.1. The van der Waals surface area contributed by atoms with Gasteiger partial charge in [0.2, 0.25) is 0 Å². The third kappa shape index (κ3) is 20.8. The van der Waals surface area contributed by atoms with Crippen molar-refractivity contribution in [2.24, 2.45) is 0 Å². The number of likely N-dealkylation sites (N-methyl/N-ethyl adjacent to an activating group) is 3. The maximum atomic E-state index is 5.76. The van der Waals surface area contributed by atoms with Crippen molar-refractivity contribution in [2.45, 2.75) is 126 Å². The lowest BCUT2D eigenvalue weighted by atomic mass is 9.83. The molecule has 0 bridgehead atoms. The fourth-order valence-corrected chi connectivity index (χ4v) is 9.89. The zero-order chi connectivity index (χ0) is 49.7. The van der Waals surface area contributed by atoms with Crippen LogP contribution in [0.2, 0.25) is 0 Å². The predicted molar refractivity (Wildman–Crippen MR) is 298 cm³/mol. The van der Waals surface area contributed by atoms with Gasteiger partial charge < -0.3 is 44.4 Å². The molecular weight excluding hydrogens is 925 g/mol. The number of hydrogen-bond acceptors (Lipinski definition) is 15. The summed E-state index contributed by atoms with van der Waals surface area (Å²) in [5.41, 5.74) is 6.98. The zero-order valence-electron chi connectivity index (χ0n) is 43.4. The van der Waals surface area contributed by atoms with Gasteiger partial charge in [-0.15, -0.1) is 0 Å². The maximum Gasteiger partial charge on any atom is 0.0798 e. The van der Waals surface area contributed by atoms with Gasteiger partial charge in [-0.3, -0.25) is 0 Å². The highest BCUT2D eigenvalue weighted by atomic mass is 32.1. The SMILES string of the molecule is CCCN(CC)CCOCCNc1c(C(C)(C)C)c(=S)c1=S.CCCN(CCC)CCOCCNc1c(C(C)(C)C)c(=S)c1=S.CN(C)CCOCCN(C)c1c(C(C)(C)C)c(=S)c1=S. The first kappa shape index (κ1) is 61.9. The highest BCUT2D eigenvalue weighted by Gasteiger charge is 2.28. The number of ether oxygens (including phenoxy) is 3. The molecule has 2 N–H and O–H groups in total. The summed E-state index contributed by atoms with van der Waals surface area (Å²) in [6.45, 7) is 42.7. The van der Waals surface area contributed by atoms with E-state index in [9.17, 15) is 0 Å². The minimum Gasteiger partial charge on any atom is -0.381 e. The van der Waals surface area contributed by atoms with Crippen molar-refractivity contribution in [1.29, 1.82) is 0 Å². The van der Waals surface area contributed by atoms with E-state index in [0.717, 1.165) is 129 Å². The average Bonchev–Trinajstić information content (AvgIpc) is 3.21. The van der Waals surface area contributed by atoms with Crippen molar-refractivity contribution in [3.63, 3.8) is 0 Å². The molecule has 0 unspecified atom stereocenters. The van der Waals surface area contributed by atoms with E-state index in [1.807, 2.05) is 14.1 Å². The molecule has 0 saturated carbocycles. The van der Waals surface area contributed by atoms with Crippen molar-refractivity contribution >= 4 is 90.4 Å². The lowest BCUT2D eigenvalue weighted by Crippen LogP contribution is -2.30. The van der Waals surface area contributed by atoms with Gasteiger partial charge in [0, 0.05) is 63.0 Å². The van der Waals surface area contributed by atoms with Gasteiger partial charge >= 0.3 is 0 Å². The van der Waals surface area contributed by atoms with Crippen LogP contribution in [0.3, 0.4) is 0 Å². The summed E-state index contributed by atoms with van der Waals surface area (Å²) in [4.78, 5) is 9.16. The molecule has 0 spiro atoms. The monoisotopic (exact) mass is 1010 g/mol. The standard InChI is InChI=1S/C18H32N2OS2.C17H30N2OS2.C15H26N2OS2/c1-6-9-20(10-7-2)11-13-21-12-8-19-15-14(18(3,4)5)16(22)17(15)23;1-6-9-19(7-2)10-12-20-11-8-18-14-13(17(3,4)5)15(21)16(14)22;1-15(2,3)11-12(14(20)13(11)19)17(6)8-10-18-9-7-16(4)5/h19H,6-13H2,1-5H3;18H,6-12H2,1-5H3;7-10H2,1-6H3. The molecular formula is C50H88N6O3S6. The van der Waals surface area contributed by atoms with Crippen LogP contribution in [0.15, 0.2) is 0 Å². The van der Waals surface area contributed by atoms with E-state index >= 15 is 0 Å². The fraction of sp³-hybridized carbons (Fsp3) is 0.760. The van der Waals surface area contributed by atoms with Gasteiger partial charge in [0.15, 0.2) is 0 Å². The van der Waals surface area contributed by atoms with Gasteiger partial charge in [0.05, 0.1) is 83.8 Å². The van der Waals surface area contributed by atoms with E-state index < -0.39 is 0 Å². The Balaban J connectivity index is 0.000000489. The summed E-state index contributed by atoms with van der Waals surface area (Å²) in [7, 11) is 6.15. The second-order valence-corrected chi connectivity index (χ2v) is 22.6. The van der Waals surface area contributed by atoms with E-state index in [1.165, 1.54) is 36.0 Å². The lowest BCUT2D eigenvalue weighted by molar-refractivity contribution is 0.111. The molecule has 0 heterocycles. The molecule has 3 aromatic carbocycles. The Labute approximate surface area is 427 Å². The molecule has 0 amide bonds. The lowest BCUT2D eigenvalue weighted by Gasteiger charge is -2.32. The minimum absolute atomic E-state index is 0.0450. The molecule has 0 atom stereocenters. The number of anilines is 3. The van der Waals surface area contributed by atoms with Crippen molar-refractivity contribution in [2.75, 3.05) is 142 Å². The number of nitrogens with zero attached hydrogens (tertiary/aromatic N) is 4. The normalized spacial score (nSPS) is 12.3. The maximum absolute atomic E-state index is 5.76. The summed E-state index contributed by atoms with van der Waals surface area (Å²) in [6.07, 6.45) is 3.59. The molecule has 0 aliphatic heterocycles. The van der Waals surface area contributed by atoms with Crippen LogP contribution in [0, 0.1) is 27.1 Å². The van der Waals surface area contributed by atoms with Gasteiger partial charge in [-0.25, -0.2) is 0 Å². The van der Waals surface area contributed by atoms with Crippen LogP contribution in [0.1, 0.15) is 126 Å². The molecule has 0 radical (unpaired) electrons. The Bertz CT molecular complexity index is 2030. The van der Waals surface area contributed by atoms with Crippen LogP contribution in [0.25, 0.3) is 0 Å². The van der Waals surface area contributed by atoms with Crippen LogP contribution in [0.5, 0.6) is 0 Å². The topological polar surface area (TPSA) is 64.7 Å². The molecule has 0 aliphatic rings. The average molecular weight is 1010 g/mol. The van der Waals surface area contributed by atoms with Gasteiger partial charge in [-0.1, -0.05) is 163 Å². The summed E-state index contributed by atoms with van der Waals surface area (Å²) in [5.74, 6) is 0. The molecule has 0 saturated heterocycles. The molecule has 15 heteroatoms. The van der Waals surface area contributed by atoms with E-state index in [0.29, 0.717) is 19.8 Å². The first-order valence-corrected chi connectivity index (χ1v) is 26.3. The fourth-order valence-electron chi connectivity index (χ4n) is 7.45. The summed E-state index contributed by atoms with van der Waals surface area (Å²) >= 11 is 32.2. The van der Waals surface area contributed by atoms with E-state index in [-0.39, 0.29) is 16.2 Å². The van der Waals surface area contributed by atoms with Crippen molar-refractivity contribution in [3.05, 3.63) is 43.8 Å². The first-order chi connectivity index (χ1) is 30.3. The smallest absolute Gasteiger partial charge is 0.0798 e. The molecule has 3 rings (SSSR count). The van der Waals surface area contributed by atoms with Crippen LogP contribution in [0.4, 0.5) is 17.1 Å². The number of rotatable bonds is 28. The number of nitrogens with one attached hydrogen (secondary N) is 2. The quantitative estimate of drug-likeness (QED) is 0.0536. The Morgan fingerprint density at radius 3 is 1.15 bits per heavy atom. The van der Waals surface area contributed by atoms with Crippen molar-refractivity contribution in [1.82, 2.24) is 14.7 Å². The van der Waals surface area contributed by atoms with E-state index in [1.54, 1.807) is 0 Å². The third-order valence-corrected chi connectivity index (χ3v) is 13.7. The van der Waals surface area contributed by atoms with Crippen molar-refractivity contribution in [3.8, 4) is 0 Å². The van der Waals surface area contributed by atoms with Gasteiger partial charge in [0.25, 0.3) is 0 Å². The van der Waals surface area contributed by atoms with E-state index in [4.69, 9.17) is 87.5 Å². The molecule has 372 valence electrons. The predicted octanol–water partition coefficient (Wildman–Crippen LogP) is 12.7. The van der Waals surface area contributed by atoms with Gasteiger partial charge in [0.1, 0.15) is 0 Å². The molecule has 65 heavy (non-hydrogen) atoms. The Morgan fingerprint density at radius 1 is 0.415 bits per heavy atom. The second-order valence-electron chi connectivity index (χ2n) is 20.1. The zero-order valence-corrected chi connectivity index (χ0v) is 48.3. The van der Waals surface area contributed by atoms with E-state index in [2.05, 4.69) is 127 Å². The number of hydrogen-bond donors (Lipinski definition) is 2. The Hall–Kier alpha value is -1.08. The highest BCUT2D eigenvalue weighted by Crippen LogP contribution is 2.40. The summed E-state index contributed by atoms with van der Waals surface area (Å²) in [5, 5.41) is 6.80. The molecule has 9 nitrogen and oxygen atoms in total.